The highest BCUT2D eigenvalue weighted by molar-refractivity contribution is 9.10. The summed E-state index contributed by atoms with van der Waals surface area (Å²) in [6, 6.07) is 13.6. The Kier molecular flexibility index (Phi) is 9.48. The van der Waals surface area contributed by atoms with Crippen molar-refractivity contribution in [1.82, 2.24) is 10.2 Å². The lowest BCUT2D eigenvalue weighted by Crippen LogP contribution is -2.53. The van der Waals surface area contributed by atoms with E-state index in [0.717, 1.165) is 21.7 Å². The molecule has 0 aliphatic carbocycles. The van der Waals surface area contributed by atoms with Crippen LogP contribution in [0.25, 0.3) is 0 Å². The number of hydrogen-bond acceptors (Lipinski definition) is 4. The molecule has 0 saturated heterocycles. The summed E-state index contributed by atoms with van der Waals surface area (Å²) in [5.74, 6) is -0.711. The molecule has 0 aliphatic heterocycles. The fourth-order valence-corrected chi connectivity index (χ4v) is 4.74. The number of nitrogens with one attached hydrogen (secondary N) is 1. The lowest BCUT2D eigenvalue weighted by molar-refractivity contribution is -0.140. The van der Waals surface area contributed by atoms with Gasteiger partial charge in [-0.3, -0.25) is 13.9 Å². The number of carbonyl (C=O) groups is 2. The van der Waals surface area contributed by atoms with Gasteiger partial charge in [0.05, 0.1) is 11.9 Å². The van der Waals surface area contributed by atoms with Crippen molar-refractivity contribution in [2.45, 2.75) is 52.7 Å². The number of sulfonamides is 1. The zero-order valence-electron chi connectivity index (χ0n) is 19.7. The molecule has 9 heteroatoms. The molecule has 7 nitrogen and oxygen atoms in total. The summed E-state index contributed by atoms with van der Waals surface area (Å²) in [4.78, 5) is 28.0. The SMILES string of the molecule is CC[C@@H](C(=O)NC(C)C)N(Cc1ccccc1C)C(=O)CN(c1cccc(Br)c1)S(C)(=O)=O. The molecule has 0 unspecified atom stereocenters. The first kappa shape index (κ1) is 26.9. The fraction of sp³-hybridized carbons (Fsp3) is 0.417. The van der Waals surface area contributed by atoms with E-state index < -0.39 is 28.5 Å². The van der Waals surface area contributed by atoms with Crippen molar-refractivity contribution in [3.63, 3.8) is 0 Å². The summed E-state index contributed by atoms with van der Waals surface area (Å²) in [6.07, 6.45) is 1.46. The standard InChI is InChI=1S/C24H32BrN3O4S/c1-6-22(24(30)26-17(2)3)27(15-19-11-8-7-10-18(19)4)23(29)16-28(33(5,31)32)21-13-9-12-20(25)14-21/h7-14,17,22H,6,15-16H2,1-5H3,(H,26,30)/t22-/m0/s1. The minimum absolute atomic E-state index is 0.0869. The van der Waals surface area contributed by atoms with Crippen molar-refractivity contribution in [2.24, 2.45) is 0 Å². The van der Waals surface area contributed by atoms with Gasteiger partial charge in [-0.2, -0.15) is 0 Å². The average molecular weight is 539 g/mol. The van der Waals surface area contributed by atoms with E-state index >= 15 is 0 Å². The molecule has 2 amide bonds. The molecule has 1 N–H and O–H groups in total. The van der Waals surface area contributed by atoms with E-state index in [1.807, 2.05) is 52.0 Å². The Hall–Kier alpha value is -2.39. The van der Waals surface area contributed by atoms with E-state index in [1.54, 1.807) is 24.3 Å². The van der Waals surface area contributed by atoms with Crippen LogP contribution in [0.2, 0.25) is 0 Å². The Balaban J connectivity index is 2.46. The number of benzene rings is 2. The summed E-state index contributed by atoms with van der Waals surface area (Å²) in [7, 11) is -3.75. The predicted molar refractivity (Wildman–Crippen MR) is 135 cm³/mol. The predicted octanol–water partition coefficient (Wildman–Crippen LogP) is 3.86. The third-order valence-electron chi connectivity index (χ3n) is 5.19. The summed E-state index contributed by atoms with van der Waals surface area (Å²) < 4.78 is 26.9. The van der Waals surface area contributed by atoms with Crippen LogP contribution in [-0.4, -0.2) is 50.0 Å². The van der Waals surface area contributed by atoms with Gasteiger partial charge in [-0.15, -0.1) is 0 Å². The molecule has 0 spiro atoms. The third kappa shape index (κ3) is 7.57. The molecule has 0 bridgehead atoms. The number of nitrogens with zero attached hydrogens (tertiary/aromatic N) is 2. The van der Waals surface area contributed by atoms with Crippen molar-refractivity contribution < 1.29 is 18.0 Å². The lowest BCUT2D eigenvalue weighted by atomic mass is 10.1. The monoisotopic (exact) mass is 537 g/mol. The third-order valence-corrected chi connectivity index (χ3v) is 6.83. The Morgan fingerprint density at radius 1 is 1.09 bits per heavy atom. The van der Waals surface area contributed by atoms with Crippen LogP contribution in [-0.2, 0) is 26.2 Å². The Morgan fingerprint density at radius 2 is 1.76 bits per heavy atom. The van der Waals surface area contributed by atoms with E-state index in [-0.39, 0.29) is 18.5 Å². The Labute approximate surface area is 205 Å². The quantitative estimate of drug-likeness (QED) is 0.498. The first-order valence-electron chi connectivity index (χ1n) is 10.8. The molecule has 0 heterocycles. The van der Waals surface area contributed by atoms with E-state index in [1.165, 1.54) is 4.90 Å². The van der Waals surface area contributed by atoms with Gasteiger partial charge in [0.2, 0.25) is 21.8 Å². The largest absolute Gasteiger partial charge is 0.352 e. The lowest BCUT2D eigenvalue weighted by Gasteiger charge is -2.33. The van der Waals surface area contributed by atoms with Crippen molar-refractivity contribution in [1.29, 1.82) is 0 Å². The molecule has 1 atom stereocenters. The van der Waals surface area contributed by atoms with Gasteiger partial charge in [0.25, 0.3) is 0 Å². The fourth-order valence-electron chi connectivity index (χ4n) is 3.52. The van der Waals surface area contributed by atoms with Crippen molar-refractivity contribution in [3.05, 3.63) is 64.1 Å². The minimum Gasteiger partial charge on any atom is -0.352 e. The van der Waals surface area contributed by atoms with Gasteiger partial charge < -0.3 is 10.2 Å². The molecule has 0 fully saturated rings. The zero-order valence-corrected chi connectivity index (χ0v) is 22.1. The van der Waals surface area contributed by atoms with Gasteiger partial charge in [-0.05, 0) is 56.5 Å². The molecule has 2 aromatic carbocycles. The maximum absolute atomic E-state index is 13.6. The van der Waals surface area contributed by atoms with Gasteiger partial charge in [0, 0.05) is 17.1 Å². The molecule has 2 aromatic rings. The zero-order chi connectivity index (χ0) is 24.8. The topological polar surface area (TPSA) is 86.8 Å². The maximum Gasteiger partial charge on any atom is 0.244 e. The number of amides is 2. The van der Waals surface area contributed by atoms with Crippen LogP contribution in [0.4, 0.5) is 5.69 Å². The highest BCUT2D eigenvalue weighted by Crippen LogP contribution is 2.23. The first-order valence-corrected chi connectivity index (χ1v) is 13.5. The molecule has 0 saturated carbocycles. The molecule has 0 radical (unpaired) electrons. The average Bonchev–Trinajstić information content (AvgIpc) is 2.71. The number of carbonyl (C=O) groups excluding carboxylic acids is 2. The maximum atomic E-state index is 13.6. The second kappa shape index (κ2) is 11.7. The minimum atomic E-state index is -3.75. The van der Waals surface area contributed by atoms with Crippen LogP contribution in [0.1, 0.15) is 38.3 Å². The second-order valence-electron chi connectivity index (χ2n) is 8.28. The smallest absolute Gasteiger partial charge is 0.244 e. The van der Waals surface area contributed by atoms with Gasteiger partial charge in [0.15, 0.2) is 0 Å². The van der Waals surface area contributed by atoms with Crippen LogP contribution in [0, 0.1) is 6.92 Å². The number of aryl methyl sites for hydroxylation is 1. The summed E-state index contributed by atoms with van der Waals surface area (Å²) >= 11 is 3.35. The number of hydrogen-bond donors (Lipinski definition) is 1. The molecule has 0 aromatic heterocycles. The Morgan fingerprint density at radius 3 is 2.30 bits per heavy atom. The normalized spacial score (nSPS) is 12.3. The highest BCUT2D eigenvalue weighted by Gasteiger charge is 2.32. The van der Waals surface area contributed by atoms with Crippen LogP contribution < -0.4 is 9.62 Å². The van der Waals surface area contributed by atoms with Crippen LogP contribution in [0.3, 0.4) is 0 Å². The van der Waals surface area contributed by atoms with E-state index in [2.05, 4.69) is 21.2 Å². The van der Waals surface area contributed by atoms with E-state index in [0.29, 0.717) is 16.6 Å². The first-order chi connectivity index (χ1) is 15.4. The van der Waals surface area contributed by atoms with E-state index in [9.17, 15) is 18.0 Å². The highest BCUT2D eigenvalue weighted by atomic mass is 79.9. The van der Waals surface area contributed by atoms with E-state index in [4.69, 9.17) is 0 Å². The van der Waals surface area contributed by atoms with Crippen LogP contribution >= 0.6 is 15.9 Å². The van der Waals surface area contributed by atoms with Gasteiger partial charge >= 0.3 is 0 Å². The number of anilines is 1. The number of rotatable bonds is 10. The molecule has 33 heavy (non-hydrogen) atoms. The van der Waals surface area contributed by atoms with Gasteiger partial charge in [0.1, 0.15) is 12.6 Å². The van der Waals surface area contributed by atoms with Crippen LogP contribution in [0.15, 0.2) is 53.0 Å². The molecular weight excluding hydrogens is 506 g/mol. The summed E-state index contributed by atoms with van der Waals surface area (Å²) in [5, 5.41) is 2.88. The van der Waals surface area contributed by atoms with Gasteiger partial charge in [-0.25, -0.2) is 8.42 Å². The van der Waals surface area contributed by atoms with Crippen molar-refractivity contribution in [2.75, 3.05) is 17.1 Å². The molecular formula is C24H32BrN3O4S. The Bertz CT molecular complexity index is 1090. The molecule has 0 aliphatic rings. The van der Waals surface area contributed by atoms with Crippen LogP contribution in [0.5, 0.6) is 0 Å². The summed E-state index contributed by atoms with van der Waals surface area (Å²) in [6.45, 7) is 7.29. The van der Waals surface area contributed by atoms with Crippen molar-refractivity contribution in [3.8, 4) is 0 Å². The molecule has 180 valence electrons. The second-order valence-corrected chi connectivity index (χ2v) is 11.1. The number of halogens is 1. The summed E-state index contributed by atoms with van der Waals surface area (Å²) in [5.41, 5.74) is 2.26. The van der Waals surface area contributed by atoms with Crippen molar-refractivity contribution >= 4 is 43.5 Å². The van der Waals surface area contributed by atoms with Gasteiger partial charge in [-0.1, -0.05) is 53.2 Å². The molecule has 2 rings (SSSR count).